The lowest BCUT2D eigenvalue weighted by Crippen LogP contribution is -2.46. The summed E-state index contributed by atoms with van der Waals surface area (Å²) in [6.07, 6.45) is 2.84. The number of esters is 1. The van der Waals surface area contributed by atoms with Crippen molar-refractivity contribution in [3.63, 3.8) is 0 Å². The Balaban J connectivity index is 1.53. The molecule has 2 aliphatic rings. The Kier molecular flexibility index (Phi) is 6.77. The average molecular weight is 439 g/mol. The van der Waals surface area contributed by atoms with Crippen LogP contribution in [0.5, 0.6) is 5.75 Å². The number of benzene rings is 2. The van der Waals surface area contributed by atoms with Gasteiger partial charge in [0.15, 0.2) is 6.23 Å². The van der Waals surface area contributed by atoms with Crippen LogP contribution in [-0.4, -0.2) is 65.7 Å². The number of carbonyl (C=O) groups excluding carboxylic acids is 2. The van der Waals surface area contributed by atoms with E-state index >= 15 is 0 Å². The summed E-state index contributed by atoms with van der Waals surface area (Å²) < 4.78 is 10.9. The minimum Gasteiger partial charge on any atom is -0.493 e. The third-order valence-electron chi connectivity index (χ3n) is 6.37. The molecule has 1 N–H and O–H groups in total. The molecule has 4 rings (SSSR count). The molecule has 32 heavy (non-hydrogen) atoms. The van der Waals surface area contributed by atoms with Crippen molar-refractivity contribution in [3.8, 4) is 5.75 Å². The van der Waals surface area contributed by atoms with Gasteiger partial charge < -0.3 is 19.5 Å². The van der Waals surface area contributed by atoms with Crippen molar-refractivity contribution in [2.24, 2.45) is 0 Å². The van der Waals surface area contributed by atoms with E-state index < -0.39 is 12.2 Å². The highest BCUT2D eigenvalue weighted by molar-refractivity contribution is 6.11. The van der Waals surface area contributed by atoms with E-state index in [9.17, 15) is 14.7 Å². The predicted molar refractivity (Wildman–Crippen MR) is 121 cm³/mol. The first-order valence-electron chi connectivity index (χ1n) is 11.3. The summed E-state index contributed by atoms with van der Waals surface area (Å²) >= 11 is 0. The van der Waals surface area contributed by atoms with Gasteiger partial charge >= 0.3 is 5.97 Å². The molecule has 0 spiro atoms. The summed E-state index contributed by atoms with van der Waals surface area (Å²) in [6.45, 7) is 8.61. The van der Waals surface area contributed by atoms with E-state index in [1.54, 1.807) is 4.90 Å². The van der Waals surface area contributed by atoms with E-state index in [0.29, 0.717) is 30.9 Å². The zero-order chi connectivity index (χ0) is 22.7. The number of carbonyl (C=O) groups is 2. The maximum atomic E-state index is 13.3. The van der Waals surface area contributed by atoms with Crippen LogP contribution in [0.4, 0.5) is 0 Å². The molecule has 0 saturated carbocycles. The molecule has 170 valence electrons. The molecule has 2 unspecified atom stereocenters. The fourth-order valence-electron chi connectivity index (χ4n) is 4.76. The Morgan fingerprint density at radius 2 is 2.12 bits per heavy atom. The molecule has 0 aromatic heterocycles. The lowest BCUT2D eigenvalue weighted by atomic mass is 9.92. The first-order valence-corrected chi connectivity index (χ1v) is 11.3. The summed E-state index contributed by atoms with van der Waals surface area (Å²) in [5, 5.41) is 12.7. The molecule has 2 atom stereocenters. The van der Waals surface area contributed by atoms with Gasteiger partial charge in [-0.15, -0.1) is 0 Å². The number of aliphatic hydroxyl groups excluding tert-OH is 1. The molecule has 2 aromatic carbocycles. The van der Waals surface area contributed by atoms with E-state index in [2.05, 4.69) is 18.4 Å². The Morgan fingerprint density at radius 3 is 2.91 bits per heavy atom. The molecule has 1 amide bonds. The van der Waals surface area contributed by atoms with E-state index in [-0.39, 0.29) is 18.6 Å². The fraction of sp³-hybridized carbons (Fsp3) is 0.440. The second-order valence-corrected chi connectivity index (χ2v) is 8.21. The number of hydrogen-bond acceptors (Lipinski definition) is 6. The standard InChI is InChI=1S/C25H30N2O5/c1-3-22(28)32-15-7-14-31-21-12-11-20-23-18(21)9-5-10-19(23)24(29)27(25(20)30)16-17-8-6-13-26(17)4-2/h3,5,9-12,17,25,30H,1,4,6-8,13-16H2,2H3. The smallest absolute Gasteiger partial charge is 0.330 e. The molecule has 1 fully saturated rings. The first kappa shape index (κ1) is 22.3. The second-order valence-electron chi connectivity index (χ2n) is 8.21. The Morgan fingerprint density at radius 1 is 1.28 bits per heavy atom. The zero-order valence-corrected chi connectivity index (χ0v) is 18.5. The fourth-order valence-corrected chi connectivity index (χ4v) is 4.76. The number of amides is 1. The quantitative estimate of drug-likeness (QED) is 0.368. The SMILES string of the molecule is C=CC(=O)OCCCOc1ccc2c3c(cccc13)C(=O)N(CC1CCCN1CC)C2O. The van der Waals surface area contributed by atoms with Gasteiger partial charge in [0.2, 0.25) is 0 Å². The molecule has 0 radical (unpaired) electrons. The van der Waals surface area contributed by atoms with Crippen molar-refractivity contribution < 1.29 is 24.2 Å². The molecule has 2 aromatic rings. The van der Waals surface area contributed by atoms with Crippen LogP contribution >= 0.6 is 0 Å². The summed E-state index contributed by atoms with van der Waals surface area (Å²) in [6, 6.07) is 9.52. The van der Waals surface area contributed by atoms with Crippen LogP contribution < -0.4 is 4.74 Å². The van der Waals surface area contributed by atoms with Crippen molar-refractivity contribution in [2.45, 2.75) is 38.5 Å². The number of nitrogens with zero attached hydrogens (tertiary/aromatic N) is 2. The topological polar surface area (TPSA) is 79.3 Å². The van der Waals surface area contributed by atoms with E-state index in [0.717, 1.165) is 48.3 Å². The highest BCUT2D eigenvalue weighted by Crippen LogP contribution is 2.40. The summed E-state index contributed by atoms with van der Waals surface area (Å²) in [7, 11) is 0. The van der Waals surface area contributed by atoms with E-state index in [1.807, 2.05) is 30.3 Å². The number of likely N-dealkylation sites (N-methyl/N-ethyl adjacent to an activating group) is 1. The molecule has 7 nitrogen and oxygen atoms in total. The maximum absolute atomic E-state index is 13.3. The van der Waals surface area contributed by atoms with Crippen LogP contribution in [0.3, 0.4) is 0 Å². The molecule has 2 aliphatic heterocycles. The highest BCUT2D eigenvalue weighted by Gasteiger charge is 2.36. The molecule has 1 saturated heterocycles. The largest absolute Gasteiger partial charge is 0.493 e. The number of aliphatic hydroxyl groups is 1. The first-order chi connectivity index (χ1) is 15.5. The van der Waals surface area contributed by atoms with Crippen LogP contribution in [0.1, 0.15) is 48.3 Å². The Labute approximate surface area is 188 Å². The van der Waals surface area contributed by atoms with E-state index in [1.165, 1.54) is 0 Å². The van der Waals surface area contributed by atoms with Crippen molar-refractivity contribution >= 4 is 22.6 Å². The monoisotopic (exact) mass is 438 g/mol. The number of ether oxygens (including phenoxy) is 2. The summed E-state index contributed by atoms with van der Waals surface area (Å²) in [5.74, 6) is 0.0393. The molecule has 2 heterocycles. The minimum atomic E-state index is -0.980. The number of rotatable bonds is 9. The van der Waals surface area contributed by atoms with Gasteiger partial charge in [0, 0.05) is 47.0 Å². The second kappa shape index (κ2) is 9.71. The molecule has 0 aliphatic carbocycles. The third-order valence-corrected chi connectivity index (χ3v) is 6.37. The normalized spacial score (nSPS) is 20.6. The highest BCUT2D eigenvalue weighted by atomic mass is 16.5. The van der Waals surface area contributed by atoms with Gasteiger partial charge in [0.1, 0.15) is 5.75 Å². The summed E-state index contributed by atoms with van der Waals surface area (Å²) in [5.41, 5.74) is 1.32. The lowest BCUT2D eigenvalue weighted by molar-refractivity contribution is -0.137. The predicted octanol–water partition coefficient (Wildman–Crippen LogP) is 3.27. The van der Waals surface area contributed by atoms with Crippen LogP contribution in [0, 0.1) is 0 Å². The molecular weight excluding hydrogens is 408 g/mol. The Hall–Kier alpha value is -2.90. The van der Waals surface area contributed by atoms with Crippen LogP contribution in [0.15, 0.2) is 43.0 Å². The molecule has 0 bridgehead atoms. The van der Waals surface area contributed by atoms with Crippen molar-refractivity contribution in [2.75, 3.05) is 32.8 Å². The van der Waals surface area contributed by atoms with E-state index in [4.69, 9.17) is 9.47 Å². The van der Waals surface area contributed by atoms with Gasteiger partial charge in [-0.05, 0) is 38.1 Å². The molecule has 7 heteroatoms. The van der Waals surface area contributed by atoms with Crippen molar-refractivity contribution in [3.05, 3.63) is 54.1 Å². The van der Waals surface area contributed by atoms with Gasteiger partial charge in [-0.25, -0.2) is 4.79 Å². The number of hydrogen-bond donors (Lipinski definition) is 1. The van der Waals surface area contributed by atoms with Crippen molar-refractivity contribution in [1.29, 1.82) is 0 Å². The summed E-state index contributed by atoms with van der Waals surface area (Å²) in [4.78, 5) is 28.4. The van der Waals surface area contributed by atoms with Gasteiger partial charge in [-0.1, -0.05) is 31.7 Å². The van der Waals surface area contributed by atoms with Crippen LogP contribution in [0.2, 0.25) is 0 Å². The van der Waals surface area contributed by atoms with Gasteiger partial charge in [0.25, 0.3) is 5.91 Å². The zero-order valence-electron chi connectivity index (χ0n) is 18.5. The lowest BCUT2D eigenvalue weighted by Gasteiger charge is -2.37. The maximum Gasteiger partial charge on any atom is 0.330 e. The van der Waals surface area contributed by atoms with Crippen LogP contribution in [-0.2, 0) is 9.53 Å². The third kappa shape index (κ3) is 4.23. The van der Waals surface area contributed by atoms with Gasteiger partial charge in [-0.3, -0.25) is 9.69 Å². The Bertz CT molecular complexity index is 1020. The number of likely N-dealkylation sites (tertiary alicyclic amines) is 1. The van der Waals surface area contributed by atoms with Gasteiger partial charge in [-0.2, -0.15) is 0 Å². The molecular formula is C25H30N2O5. The van der Waals surface area contributed by atoms with Gasteiger partial charge in [0.05, 0.1) is 13.2 Å². The van der Waals surface area contributed by atoms with Crippen LogP contribution in [0.25, 0.3) is 10.8 Å². The van der Waals surface area contributed by atoms with Crippen molar-refractivity contribution in [1.82, 2.24) is 9.80 Å². The minimum absolute atomic E-state index is 0.146. The average Bonchev–Trinajstić information content (AvgIpc) is 3.27.